The van der Waals surface area contributed by atoms with Crippen molar-refractivity contribution in [3.05, 3.63) is 53.0 Å². The quantitative estimate of drug-likeness (QED) is 0.599. The maximum atomic E-state index is 13.3. The number of amides is 1. The van der Waals surface area contributed by atoms with Crippen molar-refractivity contribution in [1.29, 1.82) is 0 Å². The summed E-state index contributed by atoms with van der Waals surface area (Å²) in [4.78, 5) is 24.0. The fourth-order valence-corrected chi connectivity index (χ4v) is 5.00. The number of nitrogens with zero attached hydrogens (tertiary/aromatic N) is 3. The zero-order chi connectivity index (χ0) is 25.7. The van der Waals surface area contributed by atoms with Gasteiger partial charge in [-0.3, -0.25) is 4.79 Å². The van der Waals surface area contributed by atoms with E-state index in [1.165, 1.54) is 17.5 Å². The highest BCUT2D eigenvalue weighted by molar-refractivity contribution is 5.94. The molecule has 0 spiro atoms. The highest BCUT2D eigenvalue weighted by Gasteiger charge is 2.31. The van der Waals surface area contributed by atoms with Gasteiger partial charge in [0.25, 0.3) is 5.91 Å². The second kappa shape index (κ2) is 11.7. The summed E-state index contributed by atoms with van der Waals surface area (Å²) in [6.07, 6.45) is 5.18. The molecule has 0 aliphatic carbocycles. The van der Waals surface area contributed by atoms with E-state index >= 15 is 0 Å². The summed E-state index contributed by atoms with van der Waals surface area (Å²) in [6, 6.07) is 9.19. The number of carbonyl (C=O) groups is 1. The fourth-order valence-electron chi connectivity index (χ4n) is 5.00. The lowest BCUT2D eigenvalue weighted by atomic mass is 9.87. The number of carbonyl (C=O) groups excluding carboxylic acids is 1. The van der Waals surface area contributed by atoms with Crippen LogP contribution in [0.2, 0.25) is 0 Å². The van der Waals surface area contributed by atoms with Crippen molar-refractivity contribution in [2.75, 3.05) is 32.1 Å². The van der Waals surface area contributed by atoms with Crippen molar-refractivity contribution >= 4 is 11.7 Å². The van der Waals surface area contributed by atoms with Crippen molar-refractivity contribution in [2.45, 2.75) is 83.7 Å². The number of aromatic nitrogens is 2. The molecule has 1 amide bonds. The van der Waals surface area contributed by atoms with Crippen molar-refractivity contribution in [1.82, 2.24) is 20.2 Å². The number of ether oxygens (including phenoxy) is 2. The number of anilines is 1. The number of benzene rings is 1. The zero-order valence-electron chi connectivity index (χ0n) is 22.3. The summed E-state index contributed by atoms with van der Waals surface area (Å²) >= 11 is 0. The molecule has 0 radical (unpaired) electrons. The molecule has 0 bridgehead atoms. The van der Waals surface area contributed by atoms with Crippen LogP contribution in [0, 0.1) is 6.92 Å². The molecule has 8 nitrogen and oxygen atoms in total. The Morgan fingerprint density at radius 1 is 1.14 bits per heavy atom. The van der Waals surface area contributed by atoms with E-state index in [1.807, 2.05) is 11.8 Å². The van der Waals surface area contributed by atoms with Crippen LogP contribution >= 0.6 is 0 Å². The molecule has 0 saturated carbocycles. The number of piperidine rings is 1. The van der Waals surface area contributed by atoms with Gasteiger partial charge in [0, 0.05) is 45.0 Å². The molecule has 2 saturated heterocycles. The Balaban J connectivity index is 1.32. The van der Waals surface area contributed by atoms with Crippen LogP contribution in [0.4, 0.5) is 5.82 Å². The highest BCUT2D eigenvalue weighted by Crippen LogP contribution is 2.24. The molecule has 2 fully saturated rings. The molecule has 2 aliphatic heterocycles. The summed E-state index contributed by atoms with van der Waals surface area (Å²) in [5.41, 5.74) is 3.87. The van der Waals surface area contributed by atoms with Gasteiger partial charge >= 0.3 is 0 Å². The van der Waals surface area contributed by atoms with Gasteiger partial charge in [0.05, 0.1) is 6.04 Å². The number of methoxy groups -OCH3 is 1. The van der Waals surface area contributed by atoms with Gasteiger partial charge in [0.1, 0.15) is 17.8 Å². The molecule has 2 aromatic rings. The number of hydrogen-bond acceptors (Lipinski definition) is 7. The normalized spacial score (nSPS) is 21.4. The molecule has 1 aromatic carbocycles. The average Bonchev–Trinajstić information content (AvgIpc) is 2.88. The van der Waals surface area contributed by atoms with Gasteiger partial charge in [0.2, 0.25) is 0 Å². The first kappa shape index (κ1) is 26.5. The molecule has 2 N–H and O–H groups in total. The lowest BCUT2D eigenvalue weighted by Gasteiger charge is -2.38. The summed E-state index contributed by atoms with van der Waals surface area (Å²) in [6.45, 7) is 11.4. The molecular weight excluding hydrogens is 454 g/mol. The lowest BCUT2D eigenvalue weighted by Crippen LogP contribution is -2.53. The molecule has 3 heterocycles. The Labute approximate surface area is 215 Å². The van der Waals surface area contributed by atoms with Crippen molar-refractivity contribution < 1.29 is 14.3 Å². The number of hydrogen-bond donors (Lipinski definition) is 2. The predicted molar refractivity (Wildman–Crippen MR) is 141 cm³/mol. The van der Waals surface area contributed by atoms with Crippen LogP contribution in [-0.2, 0) is 21.4 Å². The van der Waals surface area contributed by atoms with Gasteiger partial charge in [-0.25, -0.2) is 9.97 Å². The SMILES string of the molecule is COC1OCCCC1NC1CCN(C(=O)c2ncnc(NCc3ccc(C(C)(C)C)cc3)c2C)CC1. The molecular formula is C28H41N5O3. The van der Waals surface area contributed by atoms with E-state index in [9.17, 15) is 4.79 Å². The topological polar surface area (TPSA) is 88.6 Å². The van der Waals surface area contributed by atoms with E-state index in [-0.39, 0.29) is 23.7 Å². The van der Waals surface area contributed by atoms with E-state index in [0.717, 1.165) is 37.9 Å². The Morgan fingerprint density at radius 2 is 1.86 bits per heavy atom. The van der Waals surface area contributed by atoms with Crippen LogP contribution in [0.25, 0.3) is 0 Å². The highest BCUT2D eigenvalue weighted by atomic mass is 16.7. The van der Waals surface area contributed by atoms with Crippen LogP contribution in [0.1, 0.15) is 73.6 Å². The largest absolute Gasteiger partial charge is 0.366 e. The summed E-state index contributed by atoms with van der Waals surface area (Å²) in [5.74, 6) is 0.675. The first-order chi connectivity index (χ1) is 17.3. The average molecular weight is 496 g/mol. The van der Waals surface area contributed by atoms with E-state index in [2.05, 4.69) is 65.6 Å². The number of likely N-dealkylation sites (tertiary alicyclic amines) is 1. The van der Waals surface area contributed by atoms with Gasteiger partial charge in [-0.1, -0.05) is 45.0 Å². The smallest absolute Gasteiger partial charge is 0.272 e. The Hall–Kier alpha value is -2.55. The molecule has 2 atom stereocenters. The fraction of sp³-hybridized carbons (Fsp3) is 0.607. The maximum absolute atomic E-state index is 13.3. The van der Waals surface area contributed by atoms with Crippen LogP contribution in [0.5, 0.6) is 0 Å². The summed E-state index contributed by atoms with van der Waals surface area (Å²) < 4.78 is 11.2. The molecule has 8 heteroatoms. The minimum absolute atomic E-state index is 0.0262. The van der Waals surface area contributed by atoms with E-state index in [0.29, 0.717) is 37.2 Å². The number of rotatable bonds is 7. The third-order valence-corrected chi connectivity index (χ3v) is 7.30. The van der Waals surface area contributed by atoms with Gasteiger partial charge < -0.3 is 25.0 Å². The lowest BCUT2D eigenvalue weighted by molar-refractivity contribution is -0.164. The third-order valence-electron chi connectivity index (χ3n) is 7.30. The van der Waals surface area contributed by atoms with Crippen LogP contribution < -0.4 is 10.6 Å². The minimum Gasteiger partial charge on any atom is -0.366 e. The van der Waals surface area contributed by atoms with Gasteiger partial charge in [0.15, 0.2) is 6.29 Å². The van der Waals surface area contributed by atoms with Gasteiger partial charge in [-0.15, -0.1) is 0 Å². The molecule has 36 heavy (non-hydrogen) atoms. The van der Waals surface area contributed by atoms with Crippen molar-refractivity contribution in [3.63, 3.8) is 0 Å². The molecule has 1 aromatic heterocycles. The monoisotopic (exact) mass is 495 g/mol. The first-order valence-corrected chi connectivity index (χ1v) is 13.1. The number of nitrogens with one attached hydrogen (secondary N) is 2. The van der Waals surface area contributed by atoms with Crippen molar-refractivity contribution in [2.24, 2.45) is 0 Å². The van der Waals surface area contributed by atoms with E-state index in [4.69, 9.17) is 9.47 Å². The first-order valence-electron chi connectivity index (χ1n) is 13.1. The molecule has 2 unspecified atom stereocenters. The molecule has 196 valence electrons. The molecule has 4 rings (SSSR count). The second-order valence-corrected chi connectivity index (χ2v) is 11.0. The summed E-state index contributed by atoms with van der Waals surface area (Å²) in [5, 5.41) is 7.09. The van der Waals surface area contributed by atoms with Gasteiger partial charge in [-0.2, -0.15) is 0 Å². The standard InChI is InChI=1S/C28H41N5O3/c1-19-24(30-18-31-25(19)29-17-20-8-10-21(11-9-20)28(2,3)4)26(34)33-14-12-22(13-15-33)32-23-7-6-16-36-27(23)35-5/h8-11,18,22-23,27,32H,6-7,12-17H2,1-5H3,(H,29,30,31). The Morgan fingerprint density at radius 3 is 2.53 bits per heavy atom. The van der Waals surface area contributed by atoms with E-state index in [1.54, 1.807) is 7.11 Å². The minimum atomic E-state index is -0.190. The maximum Gasteiger partial charge on any atom is 0.272 e. The van der Waals surface area contributed by atoms with E-state index < -0.39 is 0 Å². The van der Waals surface area contributed by atoms with Crippen molar-refractivity contribution in [3.8, 4) is 0 Å². The zero-order valence-corrected chi connectivity index (χ0v) is 22.3. The molecule has 2 aliphatic rings. The summed E-state index contributed by atoms with van der Waals surface area (Å²) in [7, 11) is 1.70. The Kier molecular flexibility index (Phi) is 8.59. The second-order valence-electron chi connectivity index (χ2n) is 11.0. The Bertz CT molecular complexity index is 1010. The van der Waals surface area contributed by atoms with Crippen LogP contribution in [-0.4, -0.2) is 66.0 Å². The predicted octanol–water partition coefficient (Wildman–Crippen LogP) is 4.04. The van der Waals surface area contributed by atoms with Crippen LogP contribution in [0.3, 0.4) is 0 Å². The third kappa shape index (κ3) is 6.41. The van der Waals surface area contributed by atoms with Gasteiger partial charge in [-0.05, 0) is 49.1 Å². The van der Waals surface area contributed by atoms with Crippen LogP contribution in [0.15, 0.2) is 30.6 Å².